The molecule has 0 radical (unpaired) electrons. The van der Waals surface area contributed by atoms with Crippen molar-refractivity contribution in [3.63, 3.8) is 0 Å². The van der Waals surface area contributed by atoms with Crippen LogP contribution >= 0.6 is 0 Å². The van der Waals surface area contributed by atoms with Crippen molar-refractivity contribution >= 4 is 23.2 Å². The maximum atomic E-state index is 15.0. The SMILES string of the molecule is NC1=CC=Cc2nc(C3=NC4CN4c4cc(F)c(-c5cncc(N)c5)cc43)[nH]c2C1. The zero-order valence-corrected chi connectivity index (χ0v) is 15.9. The molecule has 3 aromatic rings. The molecular weight excluding hydrogens is 381 g/mol. The molecule has 1 saturated heterocycles. The van der Waals surface area contributed by atoms with Gasteiger partial charge in [-0.15, -0.1) is 0 Å². The van der Waals surface area contributed by atoms with Gasteiger partial charge in [0.2, 0.25) is 0 Å². The second-order valence-electron chi connectivity index (χ2n) is 7.69. The fraction of sp³-hybridized carbons (Fsp3) is 0.136. The zero-order valence-electron chi connectivity index (χ0n) is 15.9. The summed E-state index contributed by atoms with van der Waals surface area (Å²) in [6.07, 6.45) is 9.46. The molecule has 4 heterocycles. The number of aromatic amines is 1. The Morgan fingerprint density at radius 3 is 2.90 bits per heavy atom. The molecule has 0 spiro atoms. The predicted molar refractivity (Wildman–Crippen MR) is 114 cm³/mol. The third-order valence-electron chi connectivity index (χ3n) is 5.56. The van der Waals surface area contributed by atoms with Gasteiger partial charge in [-0.1, -0.05) is 6.08 Å². The fourth-order valence-corrected chi connectivity index (χ4v) is 4.06. The summed E-state index contributed by atoms with van der Waals surface area (Å²) < 4.78 is 15.0. The summed E-state index contributed by atoms with van der Waals surface area (Å²) in [5.74, 6) is 0.347. The first kappa shape index (κ1) is 17.0. The lowest BCUT2D eigenvalue weighted by Gasteiger charge is -2.19. The van der Waals surface area contributed by atoms with Crippen molar-refractivity contribution in [1.82, 2.24) is 15.0 Å². The van der Waals surface area contributed by atoms with Gasteiger partial charge in [-0.3, -0.25) is 9.98 Å². The van der Waals surface area contributed by atoms with Gasteiger partial charge in [0.1, 0.15) is 17.7 Å². The standard InChI is InChI=1S/C22H18FN7/c23-16-7-19-15(6-14(16)11-4-13(25)9-26-8-11)21(29-20-10-30(19)20)22-27-17-3-1-2-12(24)5-18(17)28-22/h1-4,6-9,20H,5,10,24-25H2,(H,27,28). The van der Waals surface area contributed by atoms with Crippen molar-refractivity contribution in [3.05, 3.63) is 77.0 Å². The van der Waals surface area contributed by atoms with Crippen molar-refractivity contribution in [2.45, 2.75) is 12.6 Å². The van der Waals surface area contributed by atoms with E-state index >= 15 is 4.39 Å². The summed E-state index contributed by atoms with van der Waals surface area (Å²) in [6, 6.07) is 5.09. The van der Waals surface area contributed by atoms with Gasteiger partial charge in [0.05, 0.1) is 23.6 Å². The number of aromatic nitrogens is 3. The van der Waals surface area contributed by atoms with Crippen LogP contribution in [0.25, 0.3) is 17.2 Å². The predicted octanol–water partition coefficient (Wildman–Crippen LogP) is 2.60. The van der Waals surface area contributed by atoms with E-state index < -0.39 is 0 Å². The van der Waals surface area contributed by atoms with Gasteiger partial charge < -0.3 is 21.4 Å². The van der Waals surface area contributed by atoms with Gasteiger partial charge in [-0.05, 0) is 30.4 Å². The highest BCUT2D eigenvalue weighted by molar-refractivity contribution is 6.16. The topological polar surface area (TPSA) is 109 Å². The molecule has 6 rings (SSSR count). The van der Waals surface area contributed by atoms with E-state index in [-0.39, 0.29) is 12.0 Å². The summed E-state index contributed by atoms with van der Waals surface area (Å²) >= 11 is 0. The largest absolute Gasteiger partial charge is 0.402 e. The number of fused-ring (bicyclic) bond motifs is 4. The monoisotopic (exact) mass is 399 g/mol. The third-order valence-corrected chi connectivity index (χ3v) is 5.56. The molecule has 0 saturated carbocycles. The Bertz CT molecular complexity index is 1300. The van der Waals surface area contributed by atoms with Crippen LogP contribution in [0.1, 0.15) is 22.8 Å². The van der Waals surface area contributed by atoms with Crippen molar-refractivity contribution in [2.24, 2.45) is 10.7 Å². The van der Waals surface area contributed by atoms with Crippen molar-refractivity contribution in [2.75, 3.05) is 17.2 Å². The average molecular weight is 399 g/mol. The minimum absolute atomic E-state index is 0.0252. The normalized spacial score (nSPS) is 18.7. The molecule has 1 aromatic carbocycles. The molecule has 0 amide bonds. The molecule has 148 valence electrons. The van der Waals surface area contributed by atoms with Gasteiger partial charge >= 0.3 is 0 Å². The first-order valence-corrected chi connectivity index (χ1v) is 9.68. The lowest BCUT2D eigenvalue weighted by Crippen LogP contribution is -2.17. The van der Waals surface area contributed by atoms with Crippen LogP contribution < -0.4 is 16.4 Å². The Labute approximate surface area is 171 Å². The number of rotatable bonds is 2. The molecule has 7 nitrogen and oxygen atoms in total. The van der Waals surface area contributed by atoms with Gasteiger partial charge in [0.25, 0.3) is 0 Å². The summed E-state index contributed by atoms with van der Waals surface area (Å²) in [5, 5.41) is 0. The second kappa shape index (κ2) is 6.03. The number of nitrogens with two attached hydrogens (primary N) is 2. The van der Waals surface area contributed by atoms with Gasteiger partial charge in [-0.2, -0.15) is 0 Å². The number of halogens is 1. The average Bonchev–Trinajstić information content (AvgIpc) is 3.44. The van der Waals surface area contributed by atoms with Crippen LogP contribution in [0.2, 0.25) is 0 Å². The third kappa shape index (κ3) is 2.61. The minimum Gasteiger partial charge on any atom is -0.402 e. The van der Waals surface area contributed by atoms with E-state index in [0.717, 1.165) is 40.6 Å². The van der Waals surface area contributed by atoms with Gasteiger partial charge in [0, 0.05) is 46.9 Å². The highest BCUT2D eigenvalue weighted by Crippen LogP contribution is 2.41. The Kier molecular flexibility index (Phi) is 3.41. The van der Waals surface area contributed by atoms with Crippen LogP contribution in [0.3, 0.4) is 0 Å². The molecule has 1 fully saturated rings. The molecule has 30 heavy (non-hydrogen) atoms. The number of anilines is 2. The number of hydrogen-bond acceptors (Lipinski definition) is 6. The number of allylic oxidation sites excluding steroid dienone is 3. The van der Waals surface area contributed by atoms with Crippen LogP contribution in [-0.2, 0) is 6.42 Å². The van der Waals surface area contributed by atoms with Gasteiger partial charge in [-0.25, -0.2) is 9.37 Å². The van der Waals surface area contributed by atoms with E-state index in [1.165, 1.54) is 6.20 Å². The van der Waals surface area contributed by atoms with E-state index in [0.29, 0.717) is 29.1 Å². The van der Waals surface area contributed by atoms with Crippen LogP contribution in [0, 0.1) is 5.82 Å². The number of nitrogen functional groups attached to an aromatic ring is 1. The van der Waals surface area contributed by atoms with E-state index in [1.807, 2.05) is 24.3 Å². The van der Waals surface area contributed by atoms with Gasteiger partial charge in [0.15, 0.2) is 5.82 Å². The van der Waals surface area contributed by atoms with Crippen molar-refractivity contribution in [3.8, 4) is 11.1 Å². The Balaban J connectivity index is 1.49. The van der Waals surface area contributed by atoms with E-state index in [4.69, 9.17) is 21.4 Å². The number of nitrogens with one attached hydrogen (secondary N) is 1. The molecule has 1 aliphatic carbocycles. The van der Waals surface area contributed by atoms with Crippen molar-refractivity contribution < 1.29 is 4.39 Å². The van der Waals surface area contributed by atoms with Crippen LogP contribution in [0.5, 0.6) is 0 Å². The number of benzene rings is 1. The fourth-order valence-electron chi connectivity index (χ4n) is 4.06. The second-order valence-corrected chi connectivity index (χ2v) is 7.69. The number of nitrogens with zero attached hydrogens (tertiary/aromatic N) is 4. The lowest BCUT2D eigenvalue weighted by molar-refractivity contribution is 0.631. The Morgan fingerprint density at radius 1 is 1.13 bits per heavy atom. The van der Waals surface area contributed by atoms with Crippen LogP contribution in [0.4, 0.5) is 15.8 Å². The summed E-state index contributed by atoms with van der Waals surface area (Å²) in [7, 11) is 0. The molecular formula is C22H18FN7. The number of imidazole rings is 1. The maximum absolute atomic E-state index is 15.0. The van der Waals surface area contributed by atoms with Crippen LogP contribution in [-0.4, -0.2) is 33.4 Å². The highest BCUT2D eigenvalue weighted by atomic mass is 19.1. The van der Waals surface area contributed by atoms with Crippen molar-refractivity contribution in [1.29, 1.82) is 0 Å². The summed E-state index contributed by atoms with van der Waals surface area (Å²) in [6.45, 7) is 0.769. The molecule has 8 heteroatoms. The van der Waals surface area contributed by atoms with Crippen LogP contribution in [0.15, 0.2) is 53.4 Å². The molecule has 2 aromatic heterocycles. The van der Waals surface area contributed by atoms with E-state index in [2.05, 4.69) is 14.9 Å². The Hall–Kier alpha value is -3.94. The molecule has 0 bridgehead atoms. The first-order chi connectivity index (χ1) is 14.6. The zero-order chi connectivity index (χ0) is 20.4. The van der Waals surface area contributed by atoms with E-state index in [1.54, 1.807) is 18.3 Å². The Morgan fingerprint density at radius 2 is 2.03 bits per heavy atom. The molecule has 3 aliphatic rings. The quantitative estimate of drug-likeness (QED) is 0.574. The number of hydrogen-bond donors (Lipinski definition) is 3. The van der Waals surface area contributed by atoms with E-state index in [9.17, 15) is 0 Å². The number of pyridine rings is 1. The molecule has 2 aliphatic heterocycles. The molecule has 1 atom stereocenters. The highest BCUT2D eigenvalue weighted by Gasteiger charge is 2.41. The molecule has 1 unspecified atom stereocenters. The summed E-state index contributed by atoms with van der Waals surface area (Å²) in [5.41, 5.74) is 18.3. The minimum atomic E-state index is -0.316. The lowest BCUT2D eigenvalue weighted by atomic mass is 9.98. The first-order valence-electron chi connectivity index (χ1n) is 9.68. The smallest absolute Gasteiger partial charge is 0.157 e. The number of H-pyrrole nitrogens is 1. The number of aliphatic imine (C=N–C) groups is 1. The maximum Gasteiger partial charge on any atom is 0.157 e. The molecule has 5 N–H and O–H groups in total. The summed E-state index contributed by atoms with van der Waals surface area (Å²) in [4.78, 5) is 19.1.